The van der Waals surface area contributed by atoms with Crippen LogP contribution >= 0.6 is 0 Å². The number of nitrogens with one attached hydrogen (secondary N) is 1. The van der Waals surface area contributed by atoms with E-state index in [4.69, 9.17) is 5.73 Å². The first-order chi connectivity index (χ1) is 7.45. The molecule has 0 aromatic carbocycles. The van der Waals surface area contributed by atoms with E-state index in [1.54, 1.807) is 0 Å². The number of nitrogens with two attached hydrogens (primary N) is 1. The number of hydrogen-bond donors (Lipinski definition) is 2. The summed E-state index contributed by atoms with van der Waals surface area (Å²) in [4.78, 5) is 11.0. The van der Waals surface area contributed by atoms with Crippen molar-refractivity contribution >= 4 is 5.91 Å². The number of carbonyl (C=O) groups is 1. The SMILES string of the molecule is CC(C)CC1(CNC(C)C(N)=O)CCCC1. The summed E-state index contributed by atoms with van der Waals surface area (Å²) in [6.45, 7) is 7.34. The van der Waals surface area contributed by atoms with Crippen molar-refractivity contribution in [1.29, 1.82) is 0 Å². The summed E-state index contributed by atoms with van der Waals surface area (Å²) in [6, 6.07) is -0.204. The maximum Gasteiger partial charge on any atom is 0.234 e. The Morgan fingerprint density at radius 1 is 1.31 bits per heavy atom. The summed E-state index contributed by atoms with van der Waals surface area (Å²) in [5.41, 5.74) is 5.68. The molecule has 3 N–H and O–H groups in total. The van der Waals surface area contributed by atoms with Crippen molar-refractivity contribution in [2.75, 3.05) is 6.54 Å². The number of rotatable bonds is 6. The van der Waals surface area contributed by atoms with Crippen LogP contribution in [-0.2, 0) is 4.79 Å². The first-order valence-corrected chi connectivity index (χ1v) is 6.48. The molecule has 16 heavy (non-hydrogen) atoms. The number of hydrogen-bond acceptors (Lipinski definition) is 2. The lowest BCUT2D eigenvalue weighted by Crippen LogP contribution is -2.44. The van der Waals surface area contributed by atoms with Crippen molar-refractivity contribution in [3.63, 3.8) is 0 Å². The lowest BCUT2D eigenvalue weighted by molar-refractivity contribution is -0.119. The Labute approximate surface area is 99.2 Å². The molecular formula is C13H26N2O. The monoisotopic (exact) mass is 226 g/mol. The van der Waals surface area contributed by atoms with Gasteiger partial charge < -0.3 is 11.1 Å². The fraction of sp³-hybridized carbons (Fsp3) is 0.923. The van der Waals surface area contributed by atoms with Gasteiger partial charge in [-0.3, -0.25) is 4.79 Å². The highest BCUT2D eigenvalue weighted by Gasteiger charge is 2.34. The van der Waals surface area contributed by atoms with Crippen LogP contribution in [0, 0.1) is 11.3 Å². The average Bonchev–Trinajstić information content (AvgIpc) is 2.62. The zero-order valence-corrected chi connectivity index (χ0v) is 10.9. The number of carbonyl (C=O) groups excluding carboxylic acids is 1. The smallest absolute Gasteiger partial charge is 0.234 e. The first-order valence-electron chi connectivity index (χ1n) is 6.48. The normalized spacial score (nSPS) is 21.2. The maximum atomic E-state index is 11.0. The summed E-state index contributed by atoms with van der Waals surface area (Å²) in [5.74, 6) is 0.474. The Bertz CT molecular complexity index is 232. The van der Waals surface area contributed by atoms with E-state index in [1.165, 1.54) is 32.1 Å². The lowest BCUT2D eigenvalue weighted by atomic mass is 9.78. The Hall–Kier alpha value is -0.570. The molecule has 1 aliphatic rings. The molecule has 0 bridgehead atoms. The molecule has 0 aromatic rings. The third-order valence-corrected chi connectivity index (χ3v) is 3.72. The molecule has 1 unspecified atom stereocenters. The third-order valence-electron chi connectivity index (χ3n) is 3.72. The van der Waals surface area contributed by atoms with E-state index in [-0.39, 0.29) is 11.9 Å². The van der Waals surface area contributed by atoms with Crippen LogP contribution in [0.2, 0.25) is 0 Å². The van der Waals surface area contributed by atoms with E-state index in [9.17, 15) is 4.79 Å². The van der Waals surface area contributed by atoms with Gasteiger partial charge in [-0.1, -0.05) is 26.7 Å². The van der Waals surface area contributed by atoms with Crippen molar-refractivity contribution in [2.45, 2.75) is 58.9 Å². The molecule has 0 radical (unpaired) electrons. The van der Waals surface area contributed by atoms with Crippen LogP contribution in [0.4, 0.5) is 0 Å². The van der Waals surface area contributed by atoms with Crippen molar-refractivity contribution in [3.8, 4) is 0 Å². The second-order valence-corrected chi connectivity index (χ2v) is 5.81. The number of amides is 1. The predicted octanol–water partition coefficient (Wildman–Crippen LogP) is 2.06. The van der Waals surface area contributed by atoms with Gasteiger partial charge in [0.2, 0.25) is 5.91 Å². The van der Waals surface area contributed by atoms with Gasteiger partial charge in [-0.25, -0.2) is 0 Å². The van der Waals surface area contributed by atoms with Crippen molar-refractivity contribution in [3.05, 3.63) is 0 Å². The molecule has 1 fully saturated rings. The highest BCUT2D eigenvalue weighted by atomic mass is 16.1. The van der Waals surface area contributed by atoms with E-state index in [0.29, 0.717) is 5.41 Å². The van der Waals surface area contributed by atoms with Crippen LogP contribution in [0.1, 0.15) is 52.9 Å². The minimum Gasteiger partial charge on any atom is -0.368 e. The largest absolute Gasteiger partial charge is 0.368 e. The predicted molar refractivity (Wildman–Crippen MR) is 67.0 cm³/mol. The molecule has 1 amide bonds. The standard InChI is InChI=1S/C13H26N2O/c1-10(2)8-13(6-4-5-7-13)9-15-11(3)12(14)16/h10-11,15H,4-9H2,1-3H3,(H2,14,16). The van der Waals surface area contributed by atoms with Crippen LogP contribution in [0.25, 0.3) is 0 Å². The summed E-state index contributed by atoms with van der Waals surface area (Å²) in [6.07, 6.45) is 6.51. The molecular weight excluding hydrogens is 200 g/mol. The fourth-order valence-corrected chi connectivity index (χ4v) is 2.91. The van der Waals surface area contributed by atoms with E-state index >= 15 is 0 Å². The summed E-state index contributed by atoms with van der Waals surface area (Å²) in [7, 11) is 0. The zero-order chi connectivity index (χ0) is 12.2. The first kappa shape index (κ1) is 13.5. The molecule has 1 rings (SSSR count). The molecule has 1 saturated carbocycles. The molecule has 94 valence electrons. The molecule has 0 aromatic heterocycles. The van der Waals surface area contributed by atoms with Crippen molar-refractivity contribution < 1.29 is 4.79 Å². The van der Waals surface area contributed by atoms with Crippen LogP contribution < -0.4 is 11.1 Å². The third kappa shape index (κ3) is 3.78. The van der Waals surface area contributed by atoms with E-state index in [1.807, 2.05) is 6.92 Å². The second-order valence-electron chi connectivity index (χ2n) is 5.81. The number of primary amides is 1. The minimum atomic E-state index is -0.252. The quantitative estimate of drug-likeness (QED) is 0.728. The lowest BCUT2D eigenvalue weighted by Gasteiger charge is -2.32. The molecule has 0 spiro atoms. The van der Waals surface area contributed by atoms with Gasteiger partial charge in [0.15, 0.2) is 0 Å². The Morgan fingerprint density at radius 3 is 2.31 bits per heavy atom. The summed E-state index contributed by atoms with van der Waals surface area (Å²) < 4.78 is 0. The van der Waals surface area contributed by atoms with Gasteiger partial charge in [0, 0.05) is 6.54 Å². The van der Waals surface area contributed by atoms with Gasteiger partial charge in [0.1, 0.15) is 0 Å². The Morgan fingerprint density at radius 2 is 1.88 bits per heavy atom. The molecule has 3 nitrogen and oxygen atoms in total. The highest BCUT2D eigenvalue weighted by Crippen LogP contribution is 2.42. The highest BCUT2D eigenvalue weighted by molar-refractivity contribution is 5.79. The van der Waals surface area contributed by atoms with Gasteiger partial charge in [0.25, 0.3) is 0 Å². The minimum absolute atomic E-state index is 0.204. The van der Waals surface area contributed by atoms with Crippen LogP contribution in [0.5, 0.6) is 0 Å². The molecule has 0 saturated heterocycles. The topological polar surface area (TPSA) is 55.1 Å². The van der Waals surface area contributed by atoms with E-state index in [2.05, 4.69) is 19.2 Å². The molecule has 0 aliphatic heterocycles. The van der Waals surface area contributed by atoms with E-state index < -0.39 is 0 Å². The Kier molecular flexibility index (Phi) is 4.78. The maximum absolute atomic E-state index is 11.0. The average molecular weight is 226 g/mol. The van der Waals surface area contributed by atoms with Gasteiger partial charge in [-0.2, -0.15) is 0 Å². The van der Waals surface area contributed by atoms with Crippen LogP contribution in [0.3, 0.4) is 0 Å². The van der Waals surface area contributed by atoms with Gasteiger partial charge in [0.05, 0.1) is 6.04 Å². The van der Waals surface area contributed by atoms with Crippen molar-refractivity contribution in [1.82, 2.24) is 5.32 Å². The van der Waals surface area contributed by atoms with Crippen molar-refractivity contribution in [2.24, 2.45) is 17.1 Å². The zero-order valence-electron chi connectivity index (χ0n) is 10.9. The molecule has 1 atom stereocenters. The van der Waals surface area contributed by atoms with Gasteiger partial charge in [-0.15, -0.1) is 0 Å². The summed E-state index contributed by atoms with van der Waals surface area (Å²) in [5, 5.41) is 3.30. The second kappa shape index (κ2) is 5.67. The van der Waals surface area contributed by atoms with Gasteiger partial charge >= 0.3 is 0 Å². The fourth-order valence-electron chi connectivity index (χ4n) is 2.91. The van der Waals surface area contributed by atoms with Crippen LogP contribution in [-0.4, -0.2) is 18.5 Å². The van der Waals surface area contributed by atoms with Crippen LogP contribution in [0.15, 0.2) is 0 Å². The van der Waals surface area contributed by atoms with Gasteiger partial charge in [-0.05, 0) is 37.5 Å². The molecule has 3 heteroatoms. The molecule has 0 heterocycles. The molecule has 1 aliphatic carbocycles. The van der Waals surface area contributed by atoms with E-state index in [0.717, 1.165) is 12.5 Å². The summed E-state index contributed by atoms with van der Waals surface area (Å²) >= 11 is 0. The Balaban J connectivity index is 2.48.